The van der Waals surface area contributed by atoms with Gasteiger partial charge in [-0.3, -0.25) is 10.1 Å². The van der Waals surface area contributed by atoms with Gasteiger partial charge in [-0.15, -0.1) is 0 Å². The van der Waals surface area contributed by atoms with Crippen LogP contribution in [0.3, 0.4) is 0 Å². The molecule has 1 aromatic carbocycles. The molecule has 0 aliphatic rings. The number of rotatable bonds is 5. The van der Waals surface area contributed by atoms with E-state index in [1.807, 2.05) is 18.2 Å². The Morgan fingerprint density at radius 1 is 1.38 bits per heavy atom. The van der Waals surface area contributed by atoms with Gasteiger partial charge in [-0.25, -0.2) is 9.97 Å². The Bertz CT molecular complexity index is 883. The lowest BCUT2D eigenvalue weighted by atomic mass is 10.2. The van der Waals surface area contributed by atoms with Crippen molar-refractivity contribution in [2.45, 2.75) is 24.1 Å². The molecule has 0 fully saturated rings. The number of alkyl halides is 2. The van der Waals surface area contributed by atoms with E-state index in [1.54, 1.807) is 0 Å². The van der Waals surface area contributed by atoms with E-state index in [1.165, 1.54) is 35.2 Å². The zero-order chi connectivity index (χ0) is 17.1. The summed E-state index contributed by atoms with van der Waals surface area (Å²) in [6.07, 6.45) is 2.30. The Hall–Kier alpha value is -2.06. The van der Waals surface area contributed by atoms with Crippen LogP contribution in [0.2, 0.25) is 0 Å². The second-order valence-corrected chi connectivity index (χ2v) is 6.87. The fraction of sp³-hybridized carbons (Fsp3) is 0.188. The number of thioether (sulfide) groups is 1. The summed E-state index contributed by atoms with van der Waals surface area (Å²) in [5.41, 5.74) is 2.09. The fourth-order valence-corrected chi connectivity index (χ4v) is 3.65. The molecule has 0 spiro atoms. The number of anilines is 1. The number of thiazole rings is 1. The molecule has 3 aromatic rings. The maximum Gasteiger partial charge on any atom is 0.290 e. The first kappa shape index (κ1) is 16.8. The summed E-state index contributed by atoms with van der Waals surface area (Å²) in [5, 5.41) is 3.10. The summed E-state index contributed by atoms with van der Waals surface area (Å²) in [5.74, 6) is -3.14. The zero-order valence-electron chi connectivity index (χ0n) is 12.6. The average Bonchev–Trinajstić information content (AvgIpc) is 2.95. The third-order valence-corrected chi connectivity index (χ3v) is 4.96. The first-order valence-electron chi connectivity index (χ1n) is 7.17. The maximum absolute atomic E-state index is 12.6. The van der Waals surface area contributed by atoms with E-state index in [4.69, 9.17) is 0 Å². The van der Waals surface area contributed by atoms with E-state index >= 15 is 0 Å². The highest BCUT2D eigenvalue weighted by Crippen LogP contribution is 2.29. The molecule has 0 bridgehead atoms. The maximum atomic E-state index is 12.6. The second kappa shape index (κ2) is 7.23. The van der Waals surface area contributed by atoms with Crippen molar-refractivity contribution in [2.75, 3.05) is 5.32 Å². The first-order chi connectivity index (χ1) is 11.6. The summed E-state index contributed by atoms with van der Waals surface area (Å²) in [6, 6.07) is 8.94. The molecule has 1 N–H and O–H groups in total. The van der Waals surface area contributed by atoms with Crippen molar-refractivity contribution in [3.05, 3.63) is 47.7 Å². The molecule has 0 radical (unpaired) electrons. The topological polar surface area (TPSA) is 54.9 Å². The second-order valence-electron chi connectivity index (χ2n) is 4.86. The highest BCUT2D eigenvalue weighted by atomic mass is 32.2. The standard InChI is InChI=1S/C16H13F2N3OS2/c1-2-9-5-6-11-12(8-9)23-16(20-11)21-13(22)10-4-3-7-19-14(10)24-15(17)18/h3-8,15H,2H2,1H3,(H,20,21,22). The largest absolute Gasteiger partial charge is 0.298 e. The number of hydrogen-bond acceptors (Lipinski definition) is 5. The number of hydrogen-bond donors (Lipinski definition) is 1. The highest BCUT2D eigenvalue weighted by Gasteiger charge is 2.18. The SMILES string of the molecule is CCc1ccc2nc(NC(=O)c3cccnc3SC(F)F)sc2c1. The Morgan fingerprint density at radius 2 is 2.21 bits per heavy atom. The average molecular weight is 365 g/mol. The summed E-state index contributed by atoms with van der Waals surface area (Å²) >= 11 is 1.60. The van der Waals surface area contributed by atoms with E-state index in [2.05, 4.69) is 22.2 Å². The minimum atomic E-state index is -2.64. The summed E-state index contributed by atoms with van der Waals surface area (Å²) in [7, 11) is 0. The van der Waals surface area contributed by atoms with Crippen LogP contribution in [0.15, 0.2) is 41.6 Å². The van der Waals surface area contributed by atoms with Crippen LogP contribution in [-0.2, 0) is 6.42 Å². The van der Waals surface area contributed by atoms with Crippen LogP contribution in [0, 0.1) is 0 Å². The van der Waals surface area contributed by atoms with Crippen LogP contribution >= 0.6 is 23.1 Å². The summed E-state index contributed by atoms with van der Waals surface area (Å²) in [4.78, 5) is 20.6. The van der Waals surface area contributed by atoms with Crippen molar-refractivity contribution in [1.29, 1.82) is 0 Å². The predicted molar refractivity (Wildman–Crippen MR) is 93.0 cm³/mol. The molecule has 8 heteroatoms. The summed E-state index contributed by atoms with van der Waals surface area (Å²) in [6.45, 7) is 2.06. The molecule has 124 valence electrons. The van der Waals surface area contributed by atoms with Crippen LogP contribution in [0.25, 0.3) is 10.2 Å². The number of nitrogens with one attached hydrogen (secondary N) is 1. The Balaban J connectivity index is 1.85. The lowest BCUT2D eigenvalue weighted by Crippen LogP contribution is -2.13. The van der Waals surface area contributed by atoms with E-state index in [-0.39, 0.29) is 22.4 Å². The van der Waals surface area contributed by atoms with Gasteiger partial charge in [0.15, 0.2) is 5.13 Å². The molecule has 0 aliphatic carbocycles. The molecule has 24 heavy (non-hydrogen) atoms. The number of carbonyl (C=O) groups excluding carboxylic acids is 1. The first-order valence-corrected chi connectivity index (χ1v) is 8.87. The molecular weight excluding hydrogens is 352 g/mol. The molecule has 0 unspecified atom stereocenters. The molecule has 3 rings (SSSR count). The van der Waals surface area contributed by atoms with Crippen LogP contribution in [0.4, 0.5) is 13.9 Å². The fourth-order valence-electron chi connectivity index (χ4n) is 2.15. The number of halogens is 2. The van der Waals surface area contributed by atoms with Crippen molar-refractivity contribution >= 4 is 44.4 Å². The molecule has 2 heterocycles. The molecule has 4 nitrogen and oxygen atoms in total. The van der Waals surface area contributed by atoms with Gasteiger partial charge in [-0.1, -0.05) is 24.3 Å². The van der Waals surface area contributed by atoms with Gasteiger partial charge >= 0.3 is 0 Å². The minimum Gasteiger partial charge on any atom is -0.298 e. The smallest absolute Gasteiger partial charge is 0.290 e. The predicted octanol–water partition coefficient (Wildman–Crippen LogP) is 4.82. The number of pyridine rings is 1. The molecular formula is C16H13F2N3OS2. The highest BCUT2D eigenvalue weighted by molar-refractivity contribution is 7.99. The van der Waals surface area contributed by atoms with Gasteiger partial charge in [0.25, 0.3) is 11.7 Å². The van der Waals surface area contributed by atoms with E-state index in [0.29, 0.717) is 5.13 Å². The quantitative estimate of drug-likeness (QED) is 0.659. The van der Waals surface area contributed by atoms with Gasteiger partial charge in [0.05, 0.1) is 15.8 Å². The molecule has 1 amide bonds. The third kappa shape index (κ3) is 3.70. The number of carbonyl (C=O) groups is 1. The molecule has 2 aromatic heterocycles. The lowest BCUT2D eigenvalue weighted by molar-refractivity contribution is 0.102. The van der Waals surface area contributed by atoms with E-state index in [0.717, 1.165) is 16.6 Å². The van der Waals surface area contributed by atoms with Gasteiger partial charge in [-0.05, 0) is 48.0 Å². The van der Waals surface area contributed by atoms with E-state index < -0.39 is 11.7 Å². The van der Waals surface area contributed by atoms with Crippen molar-refractivity contribution < 1.29 is 13.6 Å². The Morgan fingerprint density at radius 3 is 2.96 bits per heavy atom. The Kier molecular flexibility index (Phi) is 5.06. The normalized spacial score (nSPS) is 11.2. The Labute approximate surface area is 145 Å². The van der Waals surface area contributed by atoms with Gasteiger partial charge in [-0.2, -0.15) is 8.78 Å². The molecule has 0 saturated carbocycles. The number of aromatic nitrogens is 2. The van der Waals surface area contributed by atoms with Crippen LogP contribution in [0.1, 0.15) is 22.8 Å². The minimum absolute atomic E-state index is 0.000574. The molecule has 0 aliphatic heterocycles. The van der Waals surface area contributed by atoms with Crippen LogP contribution in [-0.4, -0.2) is 21.6 Å². The summed E-state index contributed by atoms with van der Waals surface area (Å²) < 4.78 is 26.1. The van der Waals surface area contributed by atoms with Crippen molar-refractivity contribution in [1.82, 2.24) is 9.97 Å². The van der Waals surface area contributed by atoms with Gasteiger partial charge in [0.1, 0.15) is 5.03 Å². The molecule has 0 saturated heterocycles. The number of amides is 1. The van der Waals surface area contributed by atoms with Gasteiger partial charge in [0, 0.05) is 6.20 Å². The zero-order valence-corrected chi connectivity index (χ0v) is 14.3. The van der Waals surface area contributed by atoms with E-state index in [9.17, 15) is 13.6 Å². The number of nitrogens with zero attached hydrogens (tertiary/aromatic N) is 2. The monoisotopic (exact) mass is 365 g/mol. The molecule has 0 atom stereocenters. The number of aryl methyl sites for hydroxylation is 1. The number of benzene rings is 1. The lowest BCUT2D eigenvalue weighted by Gasteiger charge is -2.06. The van der Waals surface area contributed by atoms with Crippen molar-refractivity contribution in [2.24, 2.45) is 0 Å². The third-order valence-electron chi connectivity index (χ3n) is 3.30. The van der Waals surface area contributed by atoms with Crippen LogP contribution in [0.5, 0.6) is 0 Å². The van der Waals surface area contributed by atoms with Crippen molar-refractivity contribution in [3.8, 4) is 0 Å². The number of fused-ring (bicyclic) bond motifs is 1. The van der Waals surface area contributed by atoms with Crippen molar-refractivity contribution in [3.63, 3.8) is 0 Å². The van der Waals surface area contributed by atoms with Crippen LogP contribution < -0.4 is 5.32 Å². The van der Waals surface area contributed by atoms with Gasteiger partial charge < -0.3 is 0 Å². The van der Waals surface area contributed by atoms with Gasteiger partial charge in [0.2, 0.25) is 0 Å².